The lowest BCUT2D eigenvalue weighted by molar-refractivity contribution is -0.114. The number of carbonyl (C=O) groups is 2. The van der Waals surface area contributed by atoms with E-state index in [0.29, 0.717) is 11.9 Å². The van der Waals surface area contributed by atoms with Gasteiger partial charge in [-0.3, -0.25) is 9.59 Å². The van der Waals surface area contributed by atoms with Crippen LogP contribution < -0.4 is 11.5 Å². The average molecular weight is 379 g/mol. The molecule has 138 valence electrons. The number of allylic oxidation sites excluding steroid dienone is 1. The molecule has 5 nitrogen and oxygen atoms in total. The number of aldehydes is 1. The first-order valence-corrected chi connectivity index (χ1v) is 8.94. The van der Waals surface area contributed by atoms with E-state index in [1.54, 1.807) is 11.8 Å². The fourth-order valence-corrected chi connectivity index (χ4v) is 3.38. The van der Waals surface area contributed by atoms with E-state index in [0.717, 1.165) is 27.5 Å². The quantitative estimate of drug-likeness (QED) is 0.403. The molecule has 1 aliphatic heterocycles. The van der Waals surface area contributed by atoms with E-state index in [1.165, 1.54) is 6.08 Å². The standard InChI is InChI=1S/C16H10N2OS.C3H4O.C2H7N/c17-9-12(16(18)19)15-10-5-1-3-7-13(10)20-14-8-4-2-6-11(14)15;1-2-3-4;1-2-3/h1-8H,(H2,18,19);2-3H,1H2;2-3H2,1H3. The van der Waals surface area contributed by atoms with E-state index in [1.807, 2.05) is 61.5 Å². The van der Waals surface area contributed by atoms with Crippen molar-refractivity contribution in [2.24, 2.45) is 11.5 Å². The van der Waals surface area contributed by atoms with Gasteiger partial charge in [0.15, 0.2) is 0 Å². The zero-order valence-corrected chi connectivity index (χ0v) is 15.8. The Bertz CT molecular complexity index is 845. The first-order chi connectivity index (χ1) is 13.0. The maximum absolute atomic E-state index is 11.6. The summed E-state index contributed by atoms with van der Waals surface area (Å²) in [6.07, 6.45) is 1.83. The second-order valence-corrected chi connectivity index (χ2v) is 6.18. The van der Waals surface area contributed by atoms with Crippen LogP contribution in [0.3, 0.4) is 0 Å². The molecule has 0 saturated carbocycles. The molecule has 0 spiro atoms. The molecule has 4 N–H and O–H groups in total. The Hall–Kier alpha value is -3.14. The summed E-state index contributed by atoms with van der Waals surface area (Å²) in [6.45, 7) is 5.76. The molecular weight excluding hydrogens is 358 g/mol. The average Bonchev–Trinajstić information content (AvgIpc) is 2.68. The van der Waals surface area contributed by atoms with Crippen LogP contribution in [0.2, 0.25) is 0 Å². The molecule has 27 heavy (non-hydrogen) atoms. The Morgan fingerprint density at radius 1 is 1.15 bits per heavy atom. The van der Waals surface area contributed by atoms with Gasteiger partial charge < -0.3 is 11.5 Å². The Balaban J connectivity index is 0.000000453. The summed E-state index contributed by atoms with van der Waals surface area (Å²) >= 11 is 1.63. The minimum Gasteiger partial charge on any atom is -0.365 e. The highest BCUT2D eigenvalue weighted by Crippen LogP contribution is 2.46. The highest BCUT2D eigenvalue weighted by atomic mass is 32.2. The summed E-state index contributed by atoms with van der Waals surface area (Å²) in [4.78, 5) is 22.7. The van der Waals surface area contributed by atoms with Gasteiger partial charge in [0.1, 0.15) is 17.9 Å². The first-order valence-electron chi connectivity index (χ1n) is 8.12. The number of hydrogen-bond donors (Lipinski definition) is 2. The van der Waals surface area contributed by atoms with Gasteiger partial charge in [-0.25, -0.2) is 0 Å². The smallest absolute Gasteiger partial charge is 0.260 e. The Labute approximate surface area is 163 Å². The predicted molar refractivity (Wildman–Crippen MR) is 109 cm³/mol. The van der Waals surface area contributed by atoms with Gasteiger partial charge in [-0.1, -0.05) is 61.7 Å². The van der Waals surface area contributed by atoms with Crippen LogP contribution in [0.25, 0.3) is 5.57 Å². The van der Waals surface area contributed by atoms with Crippen LogP contribution in [0.4, 0.5) is 0 Å². The topological polar surface area (TPSA) is 110 Å². The van der Waals surface area contributed by atoms with Gasteiger partial charge in [-0.05, 0) is 35.9 Å². The molecule has 0 aromatic heterocycles. The summed E-state index contributed by atoms with van der Waals surface area (Å²) in [5, 5.41) is 9.28. The lowest BCUT2D eigenvalue weighted by atomic mass is 9.92. The zero-order chi connectivity index (χ0) is 20.2. The second kappa shape index (κ2) is 11.5. The lowest BCUT2D eigenvalue weighted by Crippen LogP contribution is -2.16. The molecule has 3 rings (SSSR count). The van der Waals surface area contributed by atoms with E-state index in [-0.39, 0.29) is 5.57 Å². The molecule has 0 unspecified atom stereocenters. The van der Waals surface area contributed by atoms with Gasteiger partial charge in [0.25, 0.3) is 5.91 Å². The van der Waals surface area contributed by atoms with Crippen molar-refractivity contribution < 1.29 is 9.59 Å². The number of nitrogens with zero attached hydrogens (tertiary/aromatic N) is 1. The number of nitrogens with two attached hydrogens (primary N) is 2. The third kappa shape index (κ3) is 5.68. The molecule has 0 bridgehead atoms. The maximum atomic E-state index is 11.6. The number of amides is 1. The van der Waals surface area contributed by atoms with Gasteiger partial charge >= 0.3 is 0 Å². The van der Waals surface area contributed by atoms with E-state index < -0.39 is 5.91 Å². The fraction of sp³-hybridized carbons (Fsp3) is 0.0952. The monoisotopic (exact) mass is 379 g/mol. The van der Waals surface area contributed by atoms with Crippen molar-refractivity contribution in [3.05, 3.63) is 77.9 Å². The minimum atomic E-state index is -0.695. The Morgan fingerprint density at radius 2 is 1.56 bits per heavy atom. The summed E-state index contributed by atoms with van der Waals surface area (Å²) in [5.41, 5.74) is 12.6. The summed E-state index contributed by atoms with van der Waals surface area (Å²) in [5.74, 6) is -0.695. The number of rotatable bonds is 2. The molecule has 1 heterocycles. The van der Waals surface area contributed by atoms with Crippen LogP contribution in [0.1, 0.15) is 18.1 Å². The van der Waals surface area contributed by atoms with Crippen molar-refractivity contribution in [2.45, 2.75) is 16.7 Å². The van der Waals surface area contributed by atoms with Gasteiger partial charge in [0.2, 0.25) is 0 Å². The predicted octanol–water partition coefficient (Wildman–Crippen LogP) is 3.30. The SMILES string of the molecule is C=CC=O.CCN.N#CC(C(N)=O)=C1c2ccccc2Sc2ccccc21. The maximum Gasteiger partial charge on any atom is 0.260 e. The second-order valence-electron chi connectivity index (χ2n) is 5.10. The summed E-state index contributed by atoms with van der Waals surface area (Å²) < 4.78 is 0. The number of benzene rings is 2. The molecule has 0 radical (unpaired) electrons. The first kappa shape index (κ1) is 21.9. The van der Waals surface area contributed by atoms with Crippen molar-refractivity contribution in [2.75, 3.05) is 6.54 Å². The zero-order valence-electron chi connectivity index (χ0n) is 15.0. The van der Waals surface area contributed by atoms with Crippen molar-refractivity contribution in [1.82, 2.24) is 0 Å². The number of hydrogen-bond acceptors (Lipinski definition) is 5. The summed E-state index contributed by atoms with van der Waals surface area (Å²) in [7, 11) is 0. The largest absolute Gasteiger partial charge is 0.365 e. The molecule has 0 fully saturated rings. The van der Waals surface area contributed by atoms with Gasteiger partial charge in [0.05, 0.1) is 0 Å². The van der Waals surface area contributed by atoms with E-state index in [9.17, 15) is 10.1 Å². The van der Waals surface area contributed by atoms with Crippen molar-refractivity contribution in [3.8, 4) is 6.07 Å². The molecule has 2 aromatic rings. The summed E-state index contributed by atoms with van der Waals surface area (Å²) in [6, 6.07) is 17.4. The number of primary amides is 1. The lowest BCUT2D eigenvalue weighted by Gasteiger charge is -2.22. The molecule has 6 heteroatoms. The molecular formula is C21H21N3O2S. The minimum absolute atomic E-state index is 0.00481. The highest BCUT2D eigenvalue weighted by molar-refractivity contribution is 7.99. The number of fused-ring (bicyclic) bond motifs is 2. The highest BCUT2D eigenvalue weighted by Gasteiger charge is 2.25. The number of nitriles is 1. The van der Waals surface area contributed by atoms with Gasteiger partial charge in [0, 0.05) is 15.4 Å². The molecule has 0 saturated heterocycles. The van der Waals surface area contributed by atoms with Crippen LogP contribution in [-0.4, -0.2) is 18.7 Å². The molecule has 1 amide bonds. The van der Waals surface area contributed by atoms with Crippen molar-refractivity contribution in [3.63, 3.8) is 0 Å². The van der Waals surface area contributed by atoms with Crippen LogP contribution in [-0.2, 0) is 9.59 Å². The third-order valence-electron chi connectivity index (χ3n) is 3.24. The van der Waals surface area contributed by atoms with Crippen LogP contribution in [0, 0.1) is 11.3 Å². The normalized spacial score (nSPS) is 10.3. The molecule has 0 aliphatic carbocycles. The molecule has 2 aromatic carbocycles. The van der Waals surface area contributed by atoms with Crippen molar-refractivity contribution in [1.29, 1.82) is 5.26 Å². The van der Waals surface area contributed by atoms with E-state index in [2.05, 4.69) is 6.58 Å². The number of carbonyl (C=O) groups excluding carboxylic acids is 2. The van der Waals surface area contributed by atoms with Crippen LogP contribution in [0.5, 0.6) is 0 Å². The van der Waals surface area contributed by atoms with Crippen molar-refractivity contribution >= 4 is 29.5 Å². The van der Waals surface area contributed by atoms with E-state index >= 15 is 0 Å². The Morgan fingerprint density at radius 3 is 1.89 bits per heavy atom. The van der Waals surface area contributed by atoms with Gasteiger partial charge in [-0.2, -0.15) is 5.26 Å². The van der Waals surface area contributed by atoms with Crippen LogP contribution in [0.15, 0.2) is 76.5 Å². The third-order valence-corrected chi connectivity index (χ3v) is 4.39. The Kier molecular flexibility index (Phi) is 9.30. The molecule has 1 aliphatic rings. The fourth-order valence-electron chi connectivity index (χ4n) is 2.29. The van der Waals surface area contributed by atoms with E-state index in [4.69, 9.17) is 16.3 Å². The van der Waals surface area contributed by atoms with Gasteiger partial charge in [-0.15, -0.1) is 0 Å². The molecule has 0 atom stereocenters. The van der Waals surface area contributed by atoms with Crippen LogP contribution >= 0.6 is 11.8 Å².